The van der Waals surface area contributed by atoms with Crippen LogP contribution in [-0.4, -0.2) is 22.6 Å². The van der Waals surface area contributed by atoms with Gasteiger partial charge in [-0.25, -0.2) is 4.98 Å². The molecule has 6 nitrogen and oxygen atoms in total. The van der Waals surface area contributed by atoms with Crippen molar-refractivity contribution in [2.24, 2.45) is 0 Å². The van der Waals surface area contributed by atoms with Crippen molar-refractivity contribution in [2.75, 3.05) is 11.9 Å². The number of benzene rings is 3. The molecule has 3 aromatic carbocycles. The lowest BCUT2D eigenvalue weighted by Crippen LogP contribution is -2.20. The minimum atomic E-state index is -0.263. The van der Waals surface area contributed by atoms with Crippen molar-refractivity contribution in [2.45, 2.75) is 13.8 Å². The van der Waals surface area contributed by atoms with Crippen LogP contribution in [0.5, 0.6) is 11.5 Å². The summed E-state index contributed by atoms with van der Waals surface area (Å²) in [5.74, 6) is 0.999. The Morgan fingerprint density at radius 1 is 1.17 bits per heavy atom. The Bertz CT molecular complexity index is 1250. The number of aromatic nitrogens is 1. The van der Waals surface area contributed by atoms with E-state index in [1.54, 1.807) is 36.4 Å². The number of hydrogen-bond acceptors (Lipinski definition) is 5. The molecule has 0 saturated carbocycles. The molecule has 0 aliphatic heterocycles. The van der Waals surface area contributed by atoms with Crippen molar-refractivity contribution in [3.8, 4) is 23.0 Å². The van der Waals surface area contributed by atoms with Gasteiger partial charge in [0.1, 0.15) is 17.0 Å². The predicted octanol–water partition coefficient (Wildman–Crippen LogP) is 5.60. The van der Waals surface area contributed by atoms with Crippen LogP contribution in [0.15, 0.2) is 63.5 Å². The summed E-state index contributed by atoms with van der Waals surface area (Å²) in [6.07, 6.45) is 0. The number of nitrogens with one attached hydrogen (secondary N) is 1. The van der Waals surface area contributed by atoms with Crippen LogP contribution in [0.1, 0.15) is 11.1 Å². The van der Waals surface area contributed by atoms with Gasteiger partial charge in [-0.1, -0.05) is 12.1 Å². The van der Waals surface area contributed by atoms with E-state index >= 15 is 0 Å². The average Bonchev–Trinajstić information content (AvgIpc) is 3.14. The third kappa shape index (κ3) is 4.16. The molecule has 0 aliphatic rings. The Kier molecular flexibility index (Phi) is 5.46. The Hall–Kier alpha value is -3.32. The van der Waals surface area contributed by atoms with Crippen molar-refractivity contribution >= 4 is 38.6 Å². The van der Waals surface area contributed by atoms with E-state index in [-0.39, 0.29) is 18.3 Å². The highest BCUT2D eigenvalue weighted by Crippen LogP contribution is 2.31. The van der Waals surface area contributed by atoms with Crippen molar-refractivity contribution in [1.82, 2.24) is 4.98 Å². The quantitative estimate of drug-likeness (QED) is 0.399. The van der Waals surface area contributed by atoms with Gasteiger partial charge in [-0.2, -0.15) is 0 Å². The van der Waals surface area contributed by atoms with E-state index in [1.807, 2.05) is 32.0 Å². The average molecular weight is 467 g/mol. The molecule has 0 bridgehead atoms. The van der Waals surface area contributed by atoms with E-state index in [4.69, 9.17) is 9.15 Å². The summed E-state index contributed by atoms with van der Waals surface area (Å²) >= 11 is 3.29. The number of nitrogens with zero attached hydrogens (tertiary/aromatic N) is 1. The largest absolute Gasteiger partial charge is 0.507 e. The van der Waals surface area contributed by atoms with Gasteiger partial charge in [0.05, 0.1) is 4.47 Å². The SMILES string of the molecule is Cc1cccc(OCC(=O)Nc2ccc3oc(-c4ccc(O)c(Br)c4)nc3c2)c1C. The molecule has 0 aliphatic carbocycles. The van der Waals surface area contributed by atoms with E-state index in [2.05, 4.69) is 26.2 Å². The smallest absolute Gasteiger partial charge is 0.262 e. The molecular formula is C23H19BrN2O4. The first-order valence-corrected chi connectivity index (χ1v) is 10.1. The van der Waals surface area contributed by atoms with Crippen LogP contribution in [0.2, 0.25) is 0 Å². The second kappa shape index (κ2) is 8.20. The molecule has 152 valence electrons. The Morgan fingerprint density at radius 2 is 2.00 bits per heavy atom. The first-order chi connectivity index (χ1) is 14.4. The number of aromatic hydroxyl groups is 1. The molecule has 0 radical (unpaired) electrons. The van der Waals surface area contributed by atoms with Gasteiger partial charge in [0.2, 0.25) is 5.89 Å². The van der Waals surface area contributed by atoms with Crippen molar-refractivity contribution in [1.29, 1.82) is 0 Å². The minimum absolute atomic E-state index is 0.0894. The van der Waals surface area contributed by atoms with Crippen LogP contribution in [0.4, 0.5) is 5.69 Å². The second-order valence-electron chi connectivity index (χ2n) is 6.90. The van der Waals surface area contributed by atoms with Gasteiger partial charge in [-0.3, -0.25) is 4.79 Å². The van der Waals surface area contributed by atoms with Crippen molar-refractivity contribution < 1.29 is 19.1 Å². The van der Waals surface area contributed by atoms with Crippen LogP contribution in [0, 0.1) is 13.8 Å². The molecule has 0 saturated heterocycles. The predicted molar refractivity (Wildman–Crippen MR) is 119 cm³/mol. The van der Waals surface area contributed by atoms with Gasteiger partial charge in [0.15, 0.2) is 12.2 Å². The normalized spacial score (nSPS) is 10.9. The Balaban J connectivity index is 1.47. The molecule has 0 atom stereocenters. The maximum Gasteiger partial charge on any atom is 0.262 e. The maximum atomic E-state index is 12.3. The molecule has 0 fully saturated rings. The van der Waals surface area contributed by atoms with E-state index in [1.165, 1.54) is 0 Å². The highest BCUT2D eigenvalue weighted by Gasteiger charge is 2.12. The number of amides is 1. The number of aryl methyl sites for hydroxylation is 1. The van der Waals surface area contributed by atoms with E-state index < -0.39 is 0 Å². The second-order valence-corrected chi connectivity index (χ2v) is 7.76. The number of carbonyl (C=O) groups excluding carboxylic acids is 1. The molecule has 2 N–H and O–H groups in total. The number of rotatable bonds is 5. The van der Waals surface area contributed by atoms with Gasteiger partial charge >= 0.3 is 0 Å². The highest BCUT2D eigenvalue weighted by molar-refractivity contribution is 9.10. The van der Waals surface area contributed by atoms with Gasteiger partial charge in [0, 0.05) is 11.3 Å². The summed E-state index contributed by atoms with van der Waals surface area (Å²) in [4.78, 5) is 16.8. The number of carbonyl (C=O) groups is 1. The number of fused-ring (bicyclic) bond motifs is 1. The number of phenols is 1. The van der Waals surface area contributed by atoms with Crippen LogP contribution in [0.3, 0.4) is 0 Å². The summed E-state index contributed by atoms with van der Waals surface area (Å²) in [7, 11) is 0. The first-order valence-electron chi connectivity index (χ1n) is 9.29. The maximum absolute atomic E-state index is 12.3. The summed E-state index contributed by atoms with van der Waals surface area (Å²) in [5, 5.41) is 12.5. The van der Waals surface area contributed by atoms with Crippen LogP contribution < -0.4 is 10.1 Å². The number of ether oxygens (including phenoxy) is 1. The standard InChI is InChI=1S/C23H19BrN2O4/c1-13-4-3-5-20(14(13)2)29-12-22(28)25-16-7-9-21-18(11-16)26-23(30-21)15-6-8-19(27)17(24)10-15/h3-11,27H,12H2,1-2H3,(H,25,28). The van der Waals surface area contributed by atoms with E-state index in [0.29, 0.717) is 32.9 Å². The van der Waals surface area contributed by atoms with Crippen LogP contribution >= 0.6 is 15.9 Å². The molecule has 0 spiro atoms. The number of anilines is 1. The number of halogens is 1. The lowest BCUT2D eigenvalue weighted by atomic mass is 10.1. The molecule has 1 amide bonds. The van der Waals surface area contributed by atoms with Crippen LogP contribution in [-0.2, 0) is 4.79 Å². The minimum Gasteiger partial charge on any atom is -0.507 e. The molecule has 7 heteroatoms. The first kappa shape index (κ1) is 20.0. The molecule has 30 heavy (non-hydrogen) atoms. The molecule has 4 aromatic rings. The van der Waals surface area contributed by atoms with Crippen molar-refractivity contribution in [3.05, 3.63) is 70.2 Å². The molecular weight excluding hydrogens is 448 g/mol. The summed E-state index contributed by atoms with van der Waals surface area (Å²) in [5.41, 5.74) is 4.66. The number of hydrogen-bond donors (Lipinski definition) is 2. The fourth-order valence-electron chi connectivity index (χ4n) is 2.99. The van der Waals surface area contributed by atoms with E-state index in [0.717, 1.165) is 16.7 Å². The number of phenolic OH excluding ortho intramolecular Hbond substituents is 1. The summed E-state index contributed by atoms with van der Waals surface area (Å²) in [6, 6.07) is 16.0. The lowest BCUT2D eigenvalue weighted by Gasteiger charge is -2.11. The zero-order valence-corrected chi connectivity index (χ0v) is 18.0. The summed E-state index contributed by atoms with van der Waals surface area (Å²) < 4.78 is 12.0. The lowest BCUT2D eigenvalue weighted by molar-refractivity contribution is -0.118. The van der Waals surface area contributed by atoms with E-state index in [9.17, 15) is 9.90 Å². The zero-order valence-electron chi connectivity index (χ0n) is 16.4. The number of oxazole rings is 1. The Labute approximate surface area is 181 Å². The fourth-order valence-corrected chi connectivity index (χ4v) is 3.37. The van der Waals surface area contributed by atoms with Gasteiger partial charge in [-0.15, -0.1) is 0 Å². The van der Waals surface area contributed by atoms with Gasteiger partial charge in [-0.05, 0) is 83.4 Å². The third-order valence-corrected chi connectivity index (χ3v) is 5.41. The van der Waals surface area contributed by atoms with Crippen LogP contribution in [0.25, 0.3) is 22.6 Å². The fraction of sp³-hybridized carbons (Fsp3) is 0.130. The van der Waals surface area contributed by atoms with Gasteiger partial charge in [0.25, 0.3) is 5.91 Å². The third-order valence-electron chi connectivity index (χ3n) is 4.78. The topological polar surface area (TPSA) is 84.6 Å². The van der Waals surface area contributed by atoms with Gasteiger partial charge < -0.3 is 19.6 Å². The van der Waals surface area contributed by atoms with Crippen molar-refractivity contribution in [3.63, 3.8) is 0 Å². The molecule has 4 rings (SSSR count). The molecule has 1 aromatic heterocycles. The zero-order chi connectivity index (χ0) is 21.3. The molecule has 1 heterocycles. The molecule has 0 unspecified atom stereocenters. The highest BCUT2D eigenvalue weighted by atomic mass is 79.9. The monoisotopic (exact) mass is 466 g/mol. The Morgan fingerprint density at radius 3 is 2.80 bits per heavy atom. The summed E-state index contributed by atoms with van der Waals surface area (Å²) in [6.45, 7) is 3.87.